The van der Waals surface area contributed by atoms with Crippen LogP contribution in [-0.4, -0.2) is 26.2 Å². The Kier molecular flexibility index (Phi) is 4.66. The lowest BCUT2D eigenvalue weighted by Gasteiger charge is -2.23. The summed E-state index contributed by atoms with van der Waals surface area (Å²) in [6.07, 6.45) is 5.76. The van der Waals surface area contributed by atoms with Gasteiger partial charge in [-0.1, -0.05) is 25.3 Å². The van der Waals surface area contributed by atoms with Gasteiger partial charge in [0, 0.05) is 6.04 Å². The normalized spacial score (nSPS) is 15.9. The second-order valence-corrected chi connectivity index (χ2v) is 4.85. The molecule has 1 fully saturated rings. The molecule has 0 bridgehead atoms. The van der Waals surface area contributed by atoms with Gasteiger partial charge in [-0.05, 0) is 25.0 Å². The van der Waals surface area contributed by atoms with Crippen LogP contribution < -0.4 is 14.8 Å². The molecular formula is C15H21NO3. The average molecular weight is 263 g/mol. The first-order chi connectivity index (χ1) is 9.26. The molecule has 19 heavy (non-hydrogen) atoms. The fourth-order valence-electron chi connectivity index (χ4n) is 2.58. The molecule has 2 rings (SSSR count). The van der Waals surface area contributed by atoms with E-state index >= 15 is 0 Å². The predicted octanol–water partition coefficient (Wildman–Crippen LogP) is 2.77. The van der Waals surface area contributed by atoms with Gasteiger partial charge in [0.2, 0.25) is 0 Å². The molecule has 0 radical (unpaired) electrons. The Labute approximate surface area is 114 Å². The fourth-order valence-corrected chi connectivity index (χ4v) is 2.58. The van der Waals surface area contributed by atoms with Crippen molar-refractivity contribution in [2.45, 2.75) is 38.1 Å². The smallest absolute Gasteiger partial charge is 0.259 e. The van der Waals surface area contributed by atoms with Gasteiger partial charge < -0.3 is 14.8 Å². The lowest BCUT2D eigenvalue weighted by molar-refractivity contribution is 0.0921. The van der Waals surface area contributed by atoms with Crippen LogP contribution in [-0.2, 0) is 0 Å². The summed E-state index contributed by atoms with van der Waals surface area (Å²) in [4.78, 5) is 12.4. The zero-order valence-corrected chi connectivity index (χ0v) is 11.6. The molecule has 1 aliphatic carbocycles. The van der Waals surface area contributed by atoms with Crippen molar-refractivity contribution >= 4 is 5.91 Å². The molecule has 0 aromatic heterocycles. The molecule has 0 saturated heterocycles. The monoisotopic (exact) mass is 263 g/mol. The second kappa shape index (κ2) is 6.45. The van der Waals surface area contributed by atoms with E-state index < -0.39 is 0 Å². The van der Waals surface area contributed by atoms with Crippen LogP contribution in [0.2, 0.25) is 0 Å². The minimum atomic E-state index is -0.110. The van der Waals surface area contributed by atoms with Crippen molar-refractivity contribution in [1.82, 2.24) is 5.32 Å². The number of rotatable bonds is 4. The zero-order valence-electron chi connectivity index (χ0n) is 11.6. The SMILES string of the molecule is COc1cccc(OC)c1C(=O)NC1CCCCC1. The highest BCUT2D eigenvalue weighted by atomic mass is 16.5. The number of ether oxygens (including phenoxy) is 2. The Morgan fingerprint density at radius 1 is 1.11 bits per heavy atom. The third-order valence-corrected chi connectivity index (χ3v) is 3.60. The Morgan fingerprint density at radius 3 is 2.21 bits per heavy atom. The molecule has 4 heteroatoms. The summed E-state index contributed by atoms with van der Waals surface area (Å²) in [6.45, 7) is 0. The van der Waals surface area contributed by atoms with Crippen molar-refractivity contribution in [2.75, 3.05) is 14.2 Å². The molecule has 1 aromatic rings. The molecule has 0 unspecified atom stereocenters. The molecule has 1 saturated carbocycles. The molecule has 0 aliphatic heterocycles. The molecule has 0 heterocycles. The van der Waals surface area contributed by atoms with Crippen molar-refractivity contribution in [3.63, 3.8) is 0 Å². The van der Waals surface area contributed by atoms with Crippen LogP contribution in [0.3, 0.4) is 0 Å². The third kappa shape index (κ3) is 3.19. The van der Waals surface area contributed by atoms with Gasteiger partial charge >= 0.3 is 0 Å². The third-order valence-electron chi connectivity index (χ3n) is 3.60. The second-order valence-electron chi connectivity index (χ2n) is 4.85. The van der Waals surface area contributed by atoms with E-state index in [9.17, 15) is 4.79 Å². The highest BCUT2D eigenvalue weighted by Gasteiger charge is 2.22. The number of hydrogen-bond acceptors (Lipinski definition) is 3. The van der Waals surface area contributed by atoms with Crippen molar-refractivity contribution in [3.05, 3.63) is 23.8 Å². The molecule has 4 nitrogen and oxygen atoms in total. The quantitative estimate of drug-likeness (QED) is 0.908. The van der Waals surface area contributed by atoms with Crippen molar-refractivity contribution in [3.8, 4) is 11.5 Å². The summed E-state index contributed by atoms with van der Waals surface area (Å²) in [5, 5.41) is 3.09. The maximum absolute atomic E-state index is 12.4. The highest BCUT2D eigenvalue weighted by Crippen LogP contribution is 2.28. The van der Waals surface area contributed by atoms with Gasteiger partial charge in [-0.2, -0.15) is 0 Å². The van der Waals surface area contributed by atoms with E-state index in [-0.39, 0.29) is 11.9 Å². The van der Waals surface area contributed by atoms with Crippen LogP contribution in [0.15, 0.2) is 18.2 Å². The topological polar surface area (TPSA) is 47.6 Å². The van der Waals surface area contributed by atoms with E-state index in [1.807, 2.05) is 6.07 Å². The van der Waals surface area contributed by atoms with Crippen molar-refractivity contribution in [2.24, 2.45) is 0 Å². The van der Waals surface area contributed by atoms with Gasteiger partial charge in [-0.3, -0.25) is 4.79 Å². The molecular weight excluding hydrogens is 242 g/mol. The van der Waals surface area contributed by atoms with Crippen LogP contribution in [0, 0.1) is 0 Å². The lowest BCUT2D eigenvalue weighted by atomic mass is 9.95. The summed E-state index contributed by atoms with van der Waals surface area (Å²) in [6, 6.07) is 5.64. The lowest BCUT2D eigenvalue weighted by Crippen LogP contribution is -2.36. The van der Waals surface area contributed by atoms with Gasteiger partial charge in [0.05, 0.1) is 14.2 Å². The number of nitrogens with one attached hydrogen (secondary N) is 1. The Balaban J connectivity index is 2.17. The maximum atomic E-state index is 12.4. The Morgan fingerprint density at radius 2 is 1.68 bits per heavy atom. The van der Waals surface area contributed by atoms with E-state index in [1.165, 1.54) is 19.3 Å². The van der Waals surface area contributed by atoms with Gasteiger partial charge in [0.1, 0.15) is 17.1 Å². The summed E-state index contributed by atoms with van der Waals surface area (Å²) >= 11 is 0. The first kappa shape index (κ1) is 13.7. The van der Waals surface area contributed by atoms with E-state index in [4.69, 9.17) is 9.47 Å². The van der Waals surface area contributed by atoms with Crippen molar-refractivity contribution in [1.29, 1.82) is 0 Å². The predicted molar refractivity (Wildman–Crippen MR) is 73.9 cm³/mol. The van der Waals surface area contributed by atoms with Crippen LogP contribution in [0.25, 0.3) is 0 Å². The molecule has 0 atom stereocenters. The van der Waals surface area contributed by atoms with Gasteiger partial charge in [0.25, 0.3) is 5.91 Å². The standard InChI is InChI=1S/C15H21NO3/c1-18-12-9-6-10-13(19-2)14(12)15(17)16-11-7-4-3-5-8-11/h6,9-11H,3-5,7-8H2,1-2H3,(H,16,17). The van der Waals surface area contributed by atoms with Gasteiger partial charge in [-0.25, -0.2) is 0 Å². The number of carbonyl (C=O) groups is 1. The summed E-state index contributed by atoms with van der Waals surface area (Å²) in [7, 11) is 3.12. The molecule has 1 aromatic carbocycles. The molecule has 1 aliphatic rings. The van der Waals surface area contributed by atoms with E-state index in [2.05, 4.69) is 5.32 Å². The zero-order chi connectivity index (χ0) is 13.7. The first-order valence-corrected chi connectivity index (χ1v) is 6.78. The van der Waals surface area contributed by atoms with Gasteiger partial charge in [-0.15, -0.1) is 0 Å². The average Bonchev–Trinajstić information content (AvgIpc) is 2.47. The first-order valence-electron chi connectivity index (χ1n) is 6.78. The number of benzene rings is 1. The Hall–Kier alpha value is -1.71. The number of hydrogen-bond donors (Lipinski definition) is 1. The molecule has 104 valence electrons. The largest absolute Gasteiger partial charge is 0.496 e. The van der Waals surface area contributed by atoms with Gasteiger partial charge in [0.15, 0.2) is 0 Å². The summed E-state index contributed by atoms with van der Waals surface area (Å²) < 4.78 is 10.5. The number of methoxy groups -OCH3 is 2. The molecule has 1 N–H and O–H groups in total. The summed E-state index contributed by atoms with van der Waals surface area (Å²) in [5.74, 6) is 0.988. The van der Waals surface area contributed by atoms with Crippen LogP contribution >= 0.6 is 0 Å². The maximum Gasteiger partial charge on any atom is 0.259 e. The van der Waals surface area contributed by atoms with E-state index in [0.29, 0.717) is 17.1 Å². The Bertz CT molecular complexity index is 417. The molecule has 1 amide bonds. The number of carbonyl (C=O) groups excluding carboxylic acids is 1. The minimum Gasteiger partial charge on any atom is -0.496 e. The van der Waals surface area contributed by atoms with E-state index in [1.54, 1.807) is 26.4 Å². The highest BCUT2D eigenvalue weighted by molar-refractivity contribution is 5.99. The molecule has 0 spiro atoms. The van der Waals surface area contributed by atoms with Crippen LogP contribution in [0.5, 0.6) is 11.5 Å². The fraction of sp³-hybridized carbons (Fsp3) is 0.533. The van der Waals surface area contributed by atoms with Crippen LogP contribution in [0.4, 0.5) is 0 Å². The summed E-state index contributed by atoms with van der Waals surface area (Å²) in [5.41, 5.74) is 0.484. The minimum absolute atomic E-state index is 0.110. The van der Waals surface area contributed by atoms with Crippen molar-refractivity contribution < 1.29 is 14.3 Å². The number of amides is 1. The van der Waals surface area contributed by atoms with Crippen LogP contribution in [0.1, 0.15) is 42.5 Å². The van der Waals surface area contributed by atoms with E-state index in [0.717, 1.165) is 12.8 Å².